The van der Waals surface area contributed by atoms with Crippen LogP contribution in [0.2, 0.25) is 0 Å². The smallest absolute Gasteiger partial charge is 0.246 e. The van der Waals surface area contributed by atoms with Crippen LogP contribution in [0, 0.1) is 25.7 Å². The van der Waals surface area contributed by atoms with E-state index in [9.17, 15) is 8.42 Å². The molecule has 0 aliphatic heterocycles. The lowest BCUT2D eigenvalue weighted by atomic mass is 10.3. The molecule has 1 saturated carbocycles. The van der Waals surface area contributed by atoms with Crippen LogP contribution in [0.3, 0.4) is 0 Å². The summed E-state index contributed by atoms with van der Waals surface area (Å²) in [6.07, 6.45) is 1.12. The molecule has 6 nitrogen and oxygen atoms in total. The van der Waals surface area contributed by atoms with Crippen LogP contribution in [0.15, 0.2) is 4.90 Å². The van der Waals surface area contributed by atoms with Gasteiger partial charge >= 0.3 is 0 Å². The molecule has 2 unspecified atom stereocenters. The average molecular weight is 300 g/mol. The van der Waals surface area contributed by atoms with Crippen LogP contribution in [0.1, 0.15) is 24.7 Å². The number of aromatic nitrogens is 2. The maximum Gasteiger partial charge on any atom is 0.246 e. The first kappa shape index (κ1) is 15.5. The van der Waals surface area contributed by atoms with E-state index in [0.29, 0.717) is 47.8 Å². The normalized spacial score (nSPS) is 22.5. The Labute approximate surface area is 121 Å². The molecule has 0 spiro atoms. The van der Waals surface area contributed by atoms with Crippen LogP contribution in [0.5, 0.6) is 0 Å². The zero-order valence-electron chi connectivity index (χ0n) is 12.6. The minimum Gasteiger partial charge on any atom is -0.329 e. The van der Waals surface area contributed by atoms with E-state index < -0.39 is 10.0 Å². The lowest BCUT2D eigenvalue weighted by Crippen LogP contribution is -2.30. The van der Waals surface area contributed by atoms with Crippen LogP contribution in [0.4, 0.5) is 0 Å². The van der Waals surface area contributed by atoms with Gasteiger partial charge in [0.2, 0.25) is 10.0 Å². The number of hydrogen-bond acceptors (Lipinski definition) is 4. The Balaban J connectivity index is 2.28. The third-order valence-corrected chi connectivity index (χ3v) is 6.17. The van der Waals surface area contributed by atoms with Gasteiger partial charge in [0.15, 0.2) is 0 Å². The highest BCUT2D eigenvalue weighted by Crippen LogP contribution is 2.39. The second-order valence-electron chi connectivity index (χ2n) is 5.77. The summed E-state index contributed by atoms with van der Waals surface area (Å²) in [6, 6.07) is 0. The molecular formula is C13H24N4O2S. The Morgan fingerprint density at radius 2 is 2.05 bits per heavy atom. The molecule has 0 radical (unpaired) electrons. The van der Waals surface area contributed by atoms with Gasteiger partial charge in [-0.1, -0.05) is 6.92 Å². The summed E-state index contributed by atoms with van der Waals surface area (Å²) in [5.41, 5.74) is 6.74. The largest absolute Gasteiger partial charge is 0.329 e. The maximum absolute atomic E-state index is 12.7. The van der Waals surface area contributed by atoms with Gasteiger partial charge < -0.3 is 5.73 Å². The van der Waals surface area contributed by atoms with Crippen molar-refractivity contribution in [2.24, 2.45) is 17.6 Å². The van der Waals surface area contributed by atoms with E-state index in [2.05, 4.69) is 12.0 Å². The zero-order valence-corrected chi connectivity index (χ0v) is 13.4. The van der Waals surface area contributed by atoms with Crippen molar-refractivity contribution in [3.8, 4) is 0 Å². The third kappa shape index (κ3) is 2.75. The molecular weight excluding hydrogens is 276 g/mol. The molecule has 0 amide bonds. The first-order valence-electron chi connectivity index (χ1n) is 6.99. The van der Waals surface area contributed by atoms with Gasteiger partial charge in [-0.3, -0.25) is 4.68 Å². The van der Waals surface area contributed by atoms with Crippen molar-refractivity contribution in [3.05, 3.63) is 11.4 Å². The molecule has 1 heterocycles. The van der Waals surface area contributed by atoms with Crippen molar-refractivity contribution in [1.82, 2.24) is 14.1 Å². The molecule has 2 N–H and O–H groups in total. The van der Waals surface area contributed by atoms with Crippen molar-refractivity contribution in [3.63, 3.8) is 0 Å². The Morgan fingerprint density at radius 1 is 1.45 bits per heavy atom. The second-order valence-corrected chi connectivity index (χ2v) is 7.75. The maximum atomic E-state index is 12.7. The van der Waals surface area contributed by atoms with Gasteiger partial charge in [0, 0.05) is 20.1 Å². The molecule has 1 aliphatic carbocycles. The summed E-state index contributed by atoms with van der Waals surface area (Å²) < 4.78 is 28.5. The average Bonchev–Trinajstić information content (AvgIpc) is 2.95. The van der Waals surface area contributed by atoms with E-state index in [4.69, 9.17) is 5.73 Å². The Bertz CT molecular complexity index is 594. The summed E-state index contributed by atoms with van der Waals surface area (Å²) in [4.78, 5) is 0.335. The van der Waals surface area contributed by atoms with Gasteiger partial charge in [-0.15, -0.1) is 0 Å². The zero-order chi connectivity index (χ0) is 15.1. The summed E-state index contributed by atoms with van der Waals surface area (Å²) in [7, 11) is -1.81. The van der Waals surface area contributed by atoms with Crippen LogP contribution in [0.25, 0.3) is 0 Å². The summed E-state index contributed by atoms with van der Waals surface area (Å²) in [5.74, 6) is 1.13. The molecule has 0 aromatic carbocycles. The van der Waals surface area contributed by atoms with Gasteiger partial charge in [0.1, 0.15) is 4.90 Å². The standard InChI is InChI=1S/C13H24N4O2S/c1-9-7-12(9)8-16(4)20(18,19)13-10(2)15-17(6-5-14)11(13)3/h9,12H,5-8,14H2,1-4H3. The number of rotatable bonds is 6. The number of nitrogens with zero attached hydrogens (tertiary/aromatic N) is 3. The number of nitrogens with two attached hydrogens (primary N) is 1. The first-order valence-corrected chi connectivity index (χ1v) is 8.43. The summed E-state index contributed by atoms with van der Waals surface area (Å²) in [6.45, 7) is 7.24. The van der Waals surface area contributed by atoms with E-state index in [1.807, 2.05) is 0 Å². The fourth-order valence-electron chi connectivity index (χ4n) is 2.63. The fraction of sp³-hybridized carbons (Fsp3) is 0.769. The molecule has 20 heavy (non-hydrogen) atoms. The van der Waals surface area contributed by atoms with Crippen LogP contribution < -0.4 is 5.73 Å². The van der Waals surface area contributed by atoms with Crippen LogP contribution in [-0.2, 0) is 16.6 Å². The Morgan fingerprint density at radius 3 is 2.55 bits per heavy atom. The predicted octanol–water partition coefficient (Wildman–Crippen LogP) is 0.735. The predicted molar refractivity (Wildman–Crippen MR) is 77.8 cm³/mol. The van der Waals surface area contributed by atoms with Crippen molar-refractivity contribution < 1.29 is 8.42 Å². The molecule has 1 aliphatic rings. The lowest BCUT2D eigenvalue weighted by molar-refractivity contribution is 0.444. The van der Waals surface area contributed by atoms with Crippen molar-refractivity contribution in [2.45, 2.75) is 38.6 Å². The molecule has 1 aromatic rings. The lowest BCUT2D eigenvalue weighted by Gasteiger charge is -2.17. The fourth-order valence-corrected chi connectivity index (χ4v) is 4.22. The third-order valence-electron chi connectivity index (χ3n) is 4.09. The Hall–Kier alpha value is -0.920. The summed E-state index contributed by atoms with van der Waals surface area (Å²) >= 11 is 0. The topological polar surface area (TPSA) is 81.2 Å². The number of hydrogen-bond donors (Lipinski definition) is 1. The quantitative estimate of drug-likeness (QED) is 0.840. The molecule has 1 fully saturated rings. The molecule has 2 atom stereocenters. The Kier molecular flexibility index (Phi) is 4.22. The van der Waals surface area contributed by atoms with Crippen molar-refractivity contribution in [2.75, 3.05) is 20.1 Å². The summed E-state index contributed by atoms with van der Waals surface area (Å²) in [5, 5.41) is 4.29. The van der Waals surface area contributed by atoms with Gasteiger partial charge in [-0.05, 0) is 32.1 Å². The SMILES string of the molecule is Cc1nn(CCN)c(C)c1S(=O)(=O)N(C)CC1CC1C. The van der Waals surface area contributed by atoms with Gasteiger partial charge in [0.05, 0.1) is 17.9 Å². The molecule has 7 heteroatoms. The van der Waals surface area contributed by atoms with Crippen molar-refractivity contribution in [1.29, 1.82) is 0 Å². The highest BCUT2D eigenvalue weighted by molar-refractivity contribution is 7.89. The van der Waals surface area contributed by atoms with Gasteiger partial charge in [0.25, 0.3) is 0 Å². The van der Waals surface area contributed by atoms with Crippen LogP contribution in [-0.4, -0.2) is 42.6 Å². The van der Waals surface area contributed by atoms with E-state index in [1.54, 1.807) is 25.6 Å². The highest BCUT2D eigenvalue weighted by atomic mass is 32.2. The highest BCUT2D eigenvalue weighted by Gasteiger charge is 2.37. The van der Waals surface area contributed by atoms with E-state index in [-0.39, 0.29) is 0 Å². The minimum atomic E-state index is -3.47. The van der Waals surface area contributed by atoms with Gasteiger partial charge in [-0.25, -0.2) is 12.7 Å². The first-order chi connectivity index (χ1) is 9.28. The van der Waals surface area contributed by atoms with Crippen LogP contribution >= 0.6 is 0 Å². The molecule has 114 valence electrons. The molecule has 0 bridgehead atoms. The molecule has 2 rings (SSSR count). The van der Waals surface area contributed by atoms with E-state index >= 15 is 0 Å². The van der Waals surface area contributed by atoms with E-state index in [0.717, 1.165) is 6.42 Å². The number of aryl methyl sites for hydroxylation is 1. The molecule has 0 saturated heterocycles. The minimum absolute atomic E-state index is 0.335. The second kappa shape index (κ2) is 5.46. The molecule has 1 aromatic heterocycles. The van der Waals surface area contributed by atoms with E-state index in [1.165, 1.54) is 4.31 Å². The number of sulfonamides is 1. The monoisotopic (exact) mass is 300 g/mol. The van der Waals surface area contributed by atoms with Crippen molar-refractivity contribution >= 4 is 10.0 Å². The van der Waals surface area contributed by atoms with Gasteiger partial charge in [-0.2, -0.15) is 5.10 Å².